The van der Waals surface area contributed by atoms with E-state index in [1.165, 1.54) is 4.90 Å². The lowest BCUT2D eigenvalue weighted by atomic mass is 9.86. The van der Waals surface area contributed by atoms with Gasteiger partial charge in [-0.2, -0.15) is 0 Å². The van der Waals surface area contributed by atoms with Crippen molar-refractivity contribution in [3.05, 3.63) is 65.5 Å². The number of aromatic nitrogens is 4. The Morgan fingerprint density at radius 2 is 1.37 bits per heavy atom. The quantitative estimate of drug-likeness (QED) is 0.155. The lowest BCUT2D eigenvalue weighted by Crippen LogP contribution is -2.44. The van der Waals surface area contributed by atoms with Crippen molar-refractivity contribution in [2.24, 2.45) is 0 Å². The largest absolute Gasteiger partial charge is 0.385 e. The molecule has 1 aliphatic rings. The molecule has 0 radical (unpaired) electrons. The van der Waals surface area contributed by atoms with Gasteiger partial charge in [0, 0.05) is 59.2 Å². The summed E-state index contributed by atoms with van der Waals surface area (Å²) in [5.74, 6) is 0.0501. The van der Waals surface area contributed by atoms with Crippen LogP contribution in [-0.4, -0.2) is 62.7 Å². The van der Waals surface area contributed by atoms with E-state index in [9.17, 15) is 14.4 Å². The van der Waals surface area contributed by atoms with Crippen molar-refractivity contribution in [2.75, 3.05) is 25.0 Å². The van der Waals surface area contributed by atoms with Crippen LogP contribution >= 0.6 is 0 Å². The number of anilines is 1. The average molecular weight is 580 g/mol. The zero-order valence-electron chi connectivity index (χ0n) is 24.9. The Balaban J connectivity index is 1.56. The predicted octanol–water partition coefficient (Wildman–Crippen LogP) is 5.57. The number of rotatable bonds is 13. The fraction of sp³-hybridized carbons (Fsp3) is 0.364. The summed E-state index contributed by atoms with van der Waals surface area (Å²) in [6.07, 6.45) is 5.28. The summed E-state index contributed by atoms with van der Waals surface area (Å²) in [5.41, 5.74) is 4.17. The SMILES string of the molecule is CCCCCC(=O)NCCN1C(=O)c2ccc(NCCCC)c3c(-c4ccccc4-c4nnc(C)nn4)ccc(c23)C1=O. The van der Waals surface area contributed by atoms with Gasteiger partial charge in [-0.1, -0.05) is 63.4 Å². The van der Waals surface area contributed by atoms with Gasteiger partial charge in [-0.05, 0) is 49.1 Å². The van der Waals surface area contributed by atoms with Crippen molar-refractivity contribution in [1.82, 2.24) is 30.6 Å². The van der Waals surface area contributed by atoms with Gasteiger partial charge < -0.3 is 10.6 Å². The van der Waals surface area contributed by atoms with Gasteiger partial charge in [-0.3, -0.25) is 19.3 Å². The highest BCUT2D eigenvalue weighted by atomic mass is 16.2. The minimum Gasteiger partial charge on any atom is -0.385 e. The fourth-order valence-corrected chi connectivity index (χ4v) is 5.44. The Hall–Kier alpha value is -4.73. The summed E-state index contributed by atoms with van der Waals surface area (Å²) in [4.78, 5) is 41.0. The van der Waals surface area contributed by atoms with Crippen LogP contribution in [0, 0.1) is 6.92 Å². The van der Waals surface area contributed by atoms with Crippen molar-refractivity contribution in [3.63, 3.8) is 0 Å². The first-order valence-corrected chi connectivity index (χ1v) is 15.0. The van der Waals surface area contributed by atoms with Crippen molar-refractivity contribution >= 4 is 34.2 Å². The Morgan fingerprint density at radius 1 is 0.721 bits per heavy atom. The van der Waals surface area contributed by atoms with Crippen LogP contribution in [0.2, 0.25) is 0 Å². The van der Waals surface area contributed by atoms with E-state index in [1.54, 1.807) is 19.1 Å². The molecular weight excluding hydrogens is 542 g/mol. The summed E-state index contributed by atoms with van der Waals surface area (Å²) in [5, 5.41) is 24.5. The van der Waals surface area contributed by atoms with E-state index < -0.39 is 0 Å². The third-order valence-electron chi connectivity index (χ3n) is 7.66. The molecule has 0 aliphatic carbocycles. The van der Waals surface area contributed by atoms with E-state index in [4.69, 9.17) is 0 Å². The fourth-order valence-electron chi connectivity index (χ4n) is 5.44. The molecule has 3 amide bonds. The number of aryl methyl sites for hydroxylation is 1. The summed E-state index contributed by atoms with van der Waals surface area (Å²) in [6.45, 7) is 7.01. The molecule has 0 saturated heterocycles. The first-order valence-electron chi connectivity index (χ1n) is 15.0. The molecule has 0 bridgehead atoms. The molecule has 2 N–H and O–H groups in total. The van der Waals surface area contributed by atoms with Crippen LogP contribution in [0.15, 0.2) is 48.5 Å². The monoisotopic (exact) mass is 579 g/mol. The number of carbonyl (C=O) groups excluding carboxylic acids is 3. The zero-order valence-corrected chi connectivity index (χ0v) is 24.9. The van der Waals surface area contributed by atoms with E-state index in [-0.39, 0.29) is 30.8 Å². The second-order valence-corrected chi connectivity index (χ2v) is 10.7. The lowest BCUT2D eigenvalue weighted by molar-refractivity contribution is -0.121. The van der Waals surface area contributed by atoms with Gasteiger partial charge in [-0.15, -0.1) is 20.4 Å². The third-order valence-corrected chi connectivity index (χ3v) is 7.66. The molecule has 222 valence electrons. The molecule has 43 heavy (non-hydrogen) atoms. The smallest absolute Gasteiger partial charge is 0.261 e. The number of unbranched alkanes of at least 4 members (excludes halogenated alkanes) is 3. The number of carbonyl (C=O) groups is 3. The van der Waals surface area contributed by atoms with Crippen LogP contribution in [0.25, 0.3) is 33.3 Å². The molecule has 0 atom stereocenters. The van der Waals surface area contributed by atoms with Crippen LogP contribution in [-0.2, 0) is 4.79 Å². The van der Waals surface area contributed by atoms with Crippen LogP contribution in [0.1, 0.15) is 78.9 Å². The highest BCUT2D eigenvalue weighted by Gasteiger charge is 2.34. The lowest BCUT2D eigenvalue weighted by Gasteiger charge is -2.29. The molecule has 2 heterocycles. The molecule has 10 nitrogen and oxygen atoms in total. The van der Waals surface area contributed by atoms with E-state index in [0.29, 0.717) is 34.6 Å². The van der Waals surface area contributed by atoms with Gasteiger partial charge in [0.25, 0.3) is 11.8 Å². The molecular formula is C33H37N7O3. The second-order valence-electron chi connectivity index (χ2n) is 10.7. The molecule has 3 aromatic carbocycles. The molecule has 0 spiro atoms. The summed E-state index contributed by atoms with van der Waals surface area (Å²) < 4.78 is 0. The molecule has 5 rings (SSSR count). The second kappa shape index (κ2) is 13.5. The molecule has 0 fully saturated rings. The van der Waals surface area contributed by atoms with Crippen LogP contribution in [0.5, 0.6) is 0 Å². The van der Waals surface area contributed by atoms with Gasteiger partial charge in [0.05, 0.1) is 0 Å². The summed E-state index contributed by atoms with van der Waals surface area (Å²) >= 11 is 0. The molecule has 10 heteroatoms. The van der Waals surface area contributed by atoms with Gasteiger partial charge in [0.15, 0.2) is 5.82 Å². The molecule has 0 unspecified atom stereocenters. The average Bonchev–Trinajstić information content (AvgIpc) is 3.02. The molecule has 1 aliphatic heterocycles. The van der Waals surface area contributed by atoms with E-state index in [2.05, 4.69) is 44.9 Å². The Kier molecular flexibility index (Phi) is 9.34. The first-order chi connectivity index (χ1) is 20.9. The van der Waals surface area contributed by atoms with Crippen molar-refractivity contribution in [1.29, 1.82) is 0 Å². The van der Waals surface area contributed by atoms with Crippen molar-refractivity contribution in [3.8, 4) is 22.5 Å². The summed E-state index contributed by atoms with van der Waals surface area (Å²) in [6, 6.07) is 15.1. The maximum absolute atomic E-state index is 13.8. The Labute approximate surface area is 251 Å². The highest BCUT2D eigenvalue weighted by Crippen LogP contribution is 2.42. The zero-order chi connectivity index (χ0) is 30.3. The Morgan fingerprint density at radius 3 is 2.07 bits per heavy atom. The Bertz CT molecular complexity index is 1630. The van der Waals surface area contributed by atoms with Crippen molar-refractivity contribution < 1.29 is 14.4 Å². The van der Waals surface area contributed by atoms with Gasteiger partial charge in [0.1, 0.15) is 0 Å². The topological polar surface area (TPSA) is 130 Å². The molecule has 0 saturated carbocycles. The third kappa shape index (κ3) is 6.23. The number of benzene rings is 3. The first kappa shape index (κ1) is 29.8. The standard InChI is InChI=1S/C33H37N7O3/c1-4-6-8-13-28(41)35-19-20-40-32(42)25-15-14-23(22-11-9-10-12-24(22)31-38-36-21(3)37-39-31)30-27(34-18-7-5-2)17-16-26(29(25)30)33(40)43/h9-12,14-17,34H,4-8,13,18-20H2,1-3H3,(H,35,41). The number of nitrogens with one attached hydrogen (secondary N) is 2. The summed E-state index contributed by atoms with van der Waals surface area (Å²) in [7, 11) is 0. The van der Waals surface area contributed by atoms with Crippen LogP contribution in [0.4, 0.5) is 5.69 Å². The minimum absolute atomic E-state index is 0.0677. The maximum Gasteiger partial charge on any atom is 0.261 e. The number of hydrogen-bond donors (Lipinski definition) is 2. The maximum atomic E-state index is 13.8. The molecule has 4 aromatic rings. The van der Waals surface area contributed by atoms with Gasteiger partial charge >= 0.3 is 0 Å². The number of amides is 3. The van der Waals surface area contributed by atoms with Gasteiger partial charge in [-0.25, -0.2) is 0 Å². The normalized spacial score (nSPS) is 12.6. The van der Waals surface area contributed by atoms with E-state index in [0.717, 1.165) is 66.4 Å². The van der Waals surface area contributed by atoms with Crippen molar-refractivity contribution in [2.45, 2.75) is 59.3 Å². The van der Waals surface area contributed by atoms with E-state index in [1.807, 2.05) is 36.4 Å². The number of imide groups is 1. The number of nitrogens with zero attached hydrogens (tertiary/aromatic N) is 5. The minimum atomic E-state index is -0.372. The van der Waals surface area contributed by atoms with Crippen LogP contribution in [0.3, 0.4) is 0 Å². The highest BCUT2D eigenvalue weighted by molar-refractivity contribution is 6.29. The number of hydrogen-bond acceptors (Lipinski definition) is 8. The van der Waals surface area contributed by atoms with E-state index >= 15 is 0 Å². The van der Waals surface area contributed by atoms with Crippen LogP contribution < -0.4 is 10.6 Å². The van der Waals surface area contributed by atoms with Gasteiger partial charge in [0.2, 0.25) is 11.7 Å². The predicted molar refractivity (Wildman–Crippen MR) is 167 cm³/mol. The molecule has 1 aromatic heterocycles.